The lowest BCUT2D eigenvalue weighted by molar-refractivity contribution is -0.0421. The van der Waals surface area contributed by atoms with Crippen LogP contribution in [0.15, 0.2) is 54.9 Å². The van der Waals surface area contributed by atoms with E-state index in [1.807, 2.05) is 6.20 Å². The predicted molar refractivity (Wildman–Crippen MR) is 152 cm³/mol. The maximum Gasteiger partial charge on any atom is 0.256 e. The highest BCUT2D eigenvalue weighted by atomic mass is 19.1. The average molecular weight is 565 g/mol. The molecule has 3 heterocycles. The molecule has 1 aliphatic heterocycles. The van der Waals surface area contributed by atoms with Crippen molar-refractivity contribution in [3.8, 4) is 5.88 Å². The molecular formula is C32H38F2N4O3. The van der Waals surface area contributed by atoms with Gasteiger partial charge in [-0.25, -0.2) is 14.4 Å². The van der Waals surface area contributed by atoms with E-state index in [1.165, 1.54) is 30.5 Å². The van der Waals surface area contributed by atoms with Crippen molar-refractivity contribution in [3.05, 3.63) is 88.9 Å². The van der Waals surface area contributed by atoms with Crippen LogP contribution in [0.25, 0.3) is 0 Å². The topological polar surface area (TPSA) is 96.4 Å². The van der Waals surface area contributed by atoms with Gasteiger partial charge in [-0.2, -0.15) is 4.39 Å². The second-order valence-corrected chi connectivity index (χ2v) is 12.6. The number of pyridine rings is 2. The quantitative estimate of drug-likeness (QED) is 0.314. The van der Waals surface area contributed by atoms with E-state index in [1.54, 1.807) is 12.1 Å². The molecule has 9 heteroatoms. The van der Waals surface area contributed by atoms with Crippen molar-refractivity contribution in [2.24, 2.45) is 5.41 Å². The van der Waals surface area contributed by atoms with Gasteiger partial charge in [0.2, 0.25) is 11.8 Å². The Morgan fingerprint density at radius 1 is 1.15 bits per heavy atom. The molecule has 0 unspecified atom stereocenters. The summed E-state index contributed by atoms with van der Waals surface area (Å²) < 4.78 is 34.1. The molecule has 218 valence electrons. The van der Waals surface area contributed by atoms with Crippen molar-refractivity contribution >= 4 is 5.91 Å². The number of halogens is 2. The van der Waals surface area contributed by atoms with Gasteiger partial charge in [-0.1, -0.05) is 32.9 Å². The smallest absolute Gasteiger partial charge is 0.256 e. The van der Waals surface area contributed by atoms with Gasteiger partial charge in [-0.05, 0) is 79.0 Å². The van der Waals surface area contributed by atoms with E-state index in [9.17, 15) is 18.7 Å². The number of hydrogen-bond acceptors (Lipinski definition) is 6. The van der Waals surface area contributed by atoms with Gasteiger partial charge in [-0.15, -0.1) is 0 Å². The molecule has 1 saturated carbocycles. The lowest BCUT2D eigenvalue weighted by Gasteiger charge is -2.47. The van der Waals surface area contributed by atoms with Crippen molar-refractivity contribution in [2.45, 2.75) is 83.1 Å². The highest BCUT2D eigenvalue weighted by molar-refractivity contribution is 5.94. The monoisotopic (exact) mass is 564 g/mol. The van der Waals surface area contributed by atoms with Crippen molar-refractivity contribution in [1.29, 1.82) is 0 Å². The Bertz CT molecular complexity index is 1370. The van der Waals surface area contributed by atoms with Crippen LogP contribution in [0, 0.1) is 17.2 Å². The number of benzene rings is 1. The van der Waals surface area contributed by atoms with Gasteiger partial charge < -0.3 is 20.5 Å². The number of aliphatic hydroxyl groups is 1. The third-order valence-corrected chi connectivity index (χ3v) is 7.93. The van der Waals surface area contributed by atoms with Gasteiger partial charge in [-0.3, -0.25) is 4.79 Å². The molecule has 0 radical (unpaired) electrons. The summed E-state index contributed by atoms with van der Waals surface area (Å²) in [7, 11) is 0. The third kappa shape index (κ3) is 7.08. The van der Waals surface area contributed by atoms with E-state index >= 15 is 0 Å². The summed E-state index contributed by atoms with van der Waals surface area (Å²) >= 11 is 0. The van der Waals surface area contributed by atoms with Crippen LogP contribution in [0.5, 0.6) is 5.88 Å². The fourth-order valence-electron chi connectivity index (χ4n) is 5.71. The molecule has 41 heavy (non-hydrogen) atoms. The zero-order valence-electron chi connectivity index (χ0n) is 23.8. The minimum absolute atomic E-state index is 0.0965. The molecule has 3 aromatic rings. The minimum atomic E-state index is -1.03. The van der Waals surface area contributed by atoms with Gasteiger partial charge >= 0.3 is 0 Å². The third-order valence-electron chi connectivity index (χ3n) is 7.93. The van der Waals surface area contributed by atoms with E-state index in [0.717, 1.165) is 48.8 Å². The zero-order valence-corrected chi connectivity index (χ0v) is 23.8. The molecule has 1 spiro atoms. The van der Waals surface area contributed by atoms with E-state index < -0.39 is 24.0 Å². The highest BCUT2D eigenvalue weighted by Crippen LogP contribution is 2.48. The number of rotatable bonds is 9. The number of hydrogen-bond donors (Lipinski definition) is 3. The van der Waals surface area contributed by atoms with Crippen LogP contribution < -0.4 is 15.4 Å². The molecule has 3 N–H and O–H groups in total. The molecule has 1 aromatic carbocycles. The molecule has 1 aliphatic carbocycles. The van der Waals surface area contributed by atoms with Crippen molar-refractivity contribution in [2.75, 3.05) is 6.54 Å². The van der Waals surface area contributed by atoms with Gasteiger partial charge in [0.1, 0.15) is 11.4 Å². The summed E-state index contributed by atoms with van der Waals surface area (Å²) in [5.74, 6) is -1.32. The Balaban J connectivity index is 1.35. The summed E-state index contributed by atoms with van der Waals surface area (Å²) in [5, 5.41) is 17.7. The second kappa shape index (κ2) is 11.8. The number of ether oxygens (including phenoxy) is 1. The fraction of sp³-hybridized carbons (Fsp3) is 0.469. The van der Waals surface area contributed by atoms with Crippen LogP contribution in [0.1, 0.15) is 79.5 Å². The van der Waals surface area contributed by atoms with Crippen LogP contribution in [0.4, 0.5) is 8.78 Å². The molecule has 0 saturated heterocycles. The Labute approximate surface area is 239 Å². The molecule has 7 nitrogen and oxygen atoms in total. The number of carbonyl (C=O) groups is 1. The molecule has 1 amide bonds. The standard InChI is InChI=1S/C32H38F2N4O3/c1-31(2,3)16-21-14-24-26(17-32(11-5-12-32)41-30(24)37-18-21)36-19-27(39)25(15-20-7-9-22(33)10-8-20)38-29(40)23-6-4-13-35-28(23)34/h4,6-10,13-14,18,25-27,36,39H,5,11-12,15-17,19H2,1-3H3,(H,38,40)/t25-,26-,27+/m0/s1. The number of carbonyl (C=O) groups excluding carboxylic acids is 1. The van der Waals surface area contributed by atoms with E-state index in [4.69, 9.17) is 4.74 Å². The second-order valence-electron chi connectivity index (χ2n) is 12.6. The normalized spacial score (nSPS) is 19.0. The lowest BCUT2D eigenvalue weighted by Crippen LogP contribution is -2.52. The molecule has 2 aromatic heterocycles. The number of nitrogens with one attached hydrogen (secondary N) is 2. The average Bonchev–Trinajstić information content (AvgIpc) is 2.90. The maximum atomic E-state index is 14.2. The summed E-state index contributed by atoms with van der Waals surface area (Å²) in [5.41, 5.74) is 2.44. The SMILES string of the molecule is CC(C)(C)Cc1cnc2c(c1)[C@@H](NC[C@@H](O)[C@H](Cc1ccc(F)cc1)NC(=O)c1cccnc1F)CC1(CCC1)O2. The van der Waals surface area contributed by atoms with Crippen LogP contribution >= 0.6 is 0 Å². The summed E-state index contributed by atoms with van der Waals surface area (Å²) in [6, 6.07) is 9.97. The lowest BCUT2D eigenvalue weighted by atomic mass is 9.73. The van der Waals surface area contributed by atoms with Crippen LogP contribution in [0.2, 0.25) is 0 Å². The van der Waals surface area contributed by atoms with Gasteiger partial charge in [0.15, 0.2) is 0 Å². The molecule has 1 fully saturated rings. The predicted octanol–water partition coefficient (Wildman–Crippen LogP) is 5.08. The van der Waals surface area contributed by atoms with E-state index in [-0.39, 0.29) is 41.4 Å². The molecule has 5 rings (SSSR count). The van der Waals surface area contributed by atoms with Crippen LogP contribution in [0.3, 0.4) is 0 Å². The Kier molecular flexibility index (Phi) is 8.38. The number of aliphatic hydroxyl groups excluding tert-OH is 1. The number of fused-ring (bicyclic) bond motifs is 1. The molecule has 0 bridgehead atoms. The Hall–Kier alpha value is -3.43. The first-order valence-corrected chi connectivity index (χ1v) is 14.3. The summed E-state index contributed by atoms with van der Waals surface area (Å²) in [4.78, 5) is 21.2. The minimum Gasteiger partial charge on any atom is -0.471 e. The fourth-order valence-corrected chi connectivity index (χ4v) is 5.71. The first-order valence-electron chi connectivity index (χ1n) is 14.3. The van der Waals surface area contributed by atoms with E-state index in [0.29, 0.717) is 5.88 Å². The van der Waals surface area contributed by atoms with Crippen molar-refractivity contribution in [1.82, 2.24) is 20.6 Å². The molecular weight excluding hydrogens is 526 g/mol. The largest absolute Gasteiger partial charge is 0.471 e. The Morgan fingerprint density at radius 2 is 1.90 bits per heavy atom. The van der Waals surface area contributed by atoms with Crippen molar-refractivity contribution in [3.63, 3.8) is 0 Å². The summed E-state index contributed by atoms with van der Waals surface area (Å²) in [6.07, 6.45) is 6.98. The van der Waals surface area contributed by atoms with Gasteiger partial charge in [0.05, 0.1) is 17.7 Å². The Morgan fingerprint density at radius 3 is 2.56 bits per heavy atom. The number of amides is 1. The molecule has 2 aliphatic rings. The maximum absolute atomic E-state index is 14.2. The van der Waals surface area contributed by atoms with Gasteiger partial charge in [0, 0.05) is 37.0 Å². The van der Waals surface area contributed by atoms with Crippen LogP contribution in [-0.4, -0.2) is 45.3 Å². The molecule has 3 atom stereocenters. The van der Waals surface area contributed by atoms with Gasteiger partial charge in [0.25, 0.3) is 5.91 Å². The first kappa shape index (κ1) is 29.1. The van der Waals surface area contributed by atoms with E-state index in [2.05, 4.69) is 47.4 Å². The summed E-state index contributed by atoms with van der Waals surface area (Å²) in [6.45, 7) is 6.72. The first-order chi connectivity index (χ1) is 19.5. The number of aromatic nitrogens is 2. The highest BCUT2D eigenvalue weighted by Gasteiger charge is 2.46. The van der Waals surface area contributed by atoms with Crippen molar-refractivity contribution < 1.29 is 23.4 Å². The number of nitrogens with zero attached hydrogens (tertiary/aromatic N) is 2. The zero-order chi connectivity index (χ0) is 29.2. The van der Waals surface area contributed by atoms with Crippen LogP contribution in [-0.2, 0) is 12.8 Å².